The van der Waals surface area contributed by atoms with Crippen molar-refractivity contribution in [1.82, 2.24) is 9.97 Å². The molecule has 7 heteroatoms. The van der Waals surface area contributed by atoms with Gasteiger partial charge in [-0.25, -0.2) is 4.98 Å². The Bertz CT molecular complexity index is 1160. The second kappa shape index (κ2) is 7.69. The summed E-state index contributed by atoms with van der Waals surface area (Å²) < 4.78 is 0. The van der Waals surface area contributed by atoms with E-state index in [1.165, 1.54) is 0 Å². The van der Waals surface area contributed by atoms with Gasteiger partial charge in [-0.3, -0.25) is 0 Å². The maximum atomic E-state index is 10.4. The molecule has 144 valence electrons. The SMILES string of the molecule is Nc1nc(Nc2ccc(Cl)cc2)cc(-c2cc(-c3ccc(O)cc3)ccc2O)n1. The van der Waals surface area contributed by atoms with Gasteiger partial charge in [0.15, 0.2) is 0 Å². The smallest absolute Gasteiger partial charge is 0.222 e. The van der Waals surface area contributed by atoms with Crippen LogP contribution in [-0.2, 0) is 0 Å². The molecule has 0 spiro atoms. The molecule has 29 heavy (non-hydrogen) atoms. The summed E-state index contributed by atoms with van der Waals surface area (Å²) in [7, 11) is 0. The van der Waals surface area contributed by atoms with E-state index in [2.05, 4.69) is 15.3 Å². The number of nitrogens with two attached hydrogens (primary N) is 1. The Hall–Kier alpha value is -3.77. The van der Waals surface area contributed by atoms with E-state index in [0.29, 0.717) is 22.1 Å². The molecular weight excluding hydrogens is 388 g/mol. The van der Waals surface area contributed by atoms with Crippen molar-refractivity contribution >= 4 is 29.1 Å². The van der Waals surface area contributed by atoms with Crippen molar-refractivity contribution in [3.63, 3.8) is 0 Å². The molecular formula is C22H17ClN4O2. The molecule has 0 aliphatic carbocycles. The average molecular weight is 405 g/mol. The van der Waals surface area contributed by atoms with E-state index >= 15 is 0 Å². The number of nitrogens with zero attached hydrogens (tertiary/aromatic N) is 2. The van der Waals surface area contributed by atoms with Crippen molar-refractivity contribution in [2.75, 3.05) is 11.1 Å². The van der Waals surface area contributed by atoms with Gasteiger partial charge in [0.1, 0.15) is 17.3 Å². The number of anilines is 3. The van der Waals surface area contributed by atoms with Crippen LogP contribution in [-0.4, -0.2) is 20.2 Å². The van der Waals surface area contributed by atoms with E-state index in [9.17, 15) is 10.2 Å². The molecule has 1 heterocycles. The van der Waals surface area contributed by atoms with Crippen LogP contribution >= 0.6 is 11.6 Å². The summed E-state index contributed by atoms with van der Waals surface area (Å²) in [6.07, 6.45) is 0. The third-order valence-corrected chi connectivity index (χ3v) is 4.59. The molecule has 0 atom stereocenters. The monoisotopic (exact) mass is 404 g/mol. The second-order valence-electron chi connectivity index (χ2n) is 6.41. The molecule has 0 amide bonds. The zero-order chi connectivity index (χ0) is 20.4. The molecule has 3 aromatic carbocycles. The van der Waals surface area contributed by atoms with Crippen LogP contribution in [0.3, 0.4) is 0 Å². The first-order valence-electron chi connectivity index (χ1n) is 8.78. The molecule has 0 aliphatic rings. The molecule has 0 fully saturated rings. The molecule has 1 aromatic heterocycles. The van der Waals surface area contributed by atoms with Gasteiger partial charge in [0.2, 0.25) is 5.95 Å². The third kappa shape index (κ3) is 4.23. The predicted octanol–water partition coefficient (Wildman–Crippen LogP) is 5.20. The minimum Gasteiger partial charge on any atom is -0.508 e. The minimum absolute atomic E-state index is 0.0723. The lowest BCUT2D eigenvalue weighted by Gasteiger charge is -2.11. The summed E-state index contributed by atoms with van der Waals surface area (Å²) in [6, 6.07) is 20.9. The summed E-state index contributed by atoms with van der Waals surface area (Å²) in [6.45, 7) is 0. The zero-order valence-electron chi connectivity index (χ0n) is 15.2. The van der Waals surface area contributed by atoms with E-state index in [-0.39, 0.29) is 17.4 Å². The number of nitrogens with one attached hydrogen (secondary N) is 1. The first-order valence-corrected chi connectivity index (χ1v) is 9.16. The summed E-state index contributed by atoms with van der Waals surface area (Å²) in [5.41, 5.74) is 9.44. The van der Waals surface area contributed by atoms with Gasteiger partial charge in [0, 0.05) is 22.3 Å². The van der Waals surface area contributed by atoms with Crippen LogP contribution in [0.5, 0.6) is 11.5 Å². The number of phenols is 2. The van der Waals surface area contributed by atoms with Crippen LogP contribution in [0.15, 0.2) is 72.8 Å². The van der Waals surface area contributed by atoms with Crippen LogP contribution < -0.4 is 11.1 Å². The number of hydrogen-bond acceptors (Lipinski definition) is 6. The van der Waals surface area contributed by atoms with Crippen molar-refractivity contribution in [2.24, 2.45) is 0 Å². The number of phenolic OH excluding ortho intramolecular Hbond substituents is 2. The van der Waals surface area contributed by atoms with Crippen molar-refractivity contribution < 1.29 is 10.2 Å². The van der Waals surface area contributed by atoms with E-state index in [0.717, 1.165) is 16.8 Å². The lowest BCUT2D eigenvalue weighted by atomic mass is 10.0. The van der Waals surface area contributed by atoms with Crippen molar-refractivity contribution in [3.05, 3.63) is 77.8 Å². The highest BCUT2D eigenvalue weighted by molar-refractivity contribution is 6.30. The predicted molar refractivity (Wildman–Crippen MR) is 115 cm³/mol. The topological polar surface area (TPSA) is 104 Å². The summed E-state index contributed by atoms with van der Waals surface area (Å²) in [5, 5.41) is 23.7. The Kier molecular flexibility index (Phi) is 4.93. The number of halogens is 1. The summed E-state index contributed by atoms with van der Waals surface area (Å²) in [5.74, 6) is 0.829. The lowest BCUT2D eigenvalue weighted by Crippen LogP contribution is -2.01. The van der Waals surface area contributed by atoms with Crippen LogP contribution in [0.2, 0.25) is 5.02 Å². The Morgan fingerprint density at radius 2 is 1.48 bits per heavy atom. The summed E-state index contributed by atoms with van der Waals surface area (Å²) >= 11 is 5.92. The number of aromatic nitrogens is 2. The van der Waals surface area contributed by atoms with Gasteiger partial charge in [-0.2, -0.15) is 4.98 Å². The van der Waals surface area contributed by atoms with Crippen LogP contribution in [0.4, 0.5) is 17.5 Å². The normalized spacial score (nSPS) is 10.7. The standard InChI is InChI=1S/C22H17ClN4O2/c23-15-4-6-16(7-5-15)25-21-12-19(26-22(24)27-21)18-11-14(3-10-20(18)29)13-1-8-17(28)9-2-13/h1-12,28-29H,(H3,24,25,26,27). The van der Waals surface area contributed by atoms with Crippen LogP contribution in [0.1, 0.15) is 0 Å². The molecule has 0 aliphatic heterocycles. The molecule has 0 bridgehead atoms. The lowest BCUT2D eigenvalue weighted by molar-refractivity contribution is 0.475. The first kappa shape index (κ1) is 18.6. The number of aromatic hydroxyl groups is 2. The highest BCUT2D eigenvalue weighted by Gasteiger charge is 2.12. The summed E-state index contributed by atoms with van der Waals surface area (Å²) in [4.78, 5) is 8.49. The second-order valence-corrected chi connectivity index (χ2v) is 6.84. The fourth-order valence-corrected chi connectivity index (χ4v) is 3.05. The van der Waals surface area contributed by atoms with Gasteiger partial charge in [0.25, 0.3) is 0 Å². The van der Waals surface area contributed by atoms with Crippen LogP contribution in [0.25, 0.3) is 22.4 Å². The molecule has 6 nitrogen and oxygen atoms in total. The molecule has 0 saturated heterocycles. The molecule has 0 unspecified atom stereocenters. The van der Waals surface area contributed by atoms with E-state index in [4.69, 9.17) is 17.3 Å². The quantitative estimate of drug-likeness (QED) is 0.372. The molecule has 4 rings (SSSR count). The van der Waals surface area contributed by atoms with Crippen molar-refractivity contribution in [2.45, 2.75) is 0 Å². The van der Waals surface area contributed by atoms with Gasteiger partial charge in [-0.1, -0.05) is 29.8 Å². The van der Waals surface area contributed by atoms with Crippen molar-refractivity contribution in [1.29, 1.82) is 0 Å². The van der Waals surface area contributed by atoms with Gasteiger partial charge in [-0.05, 0) is 59.7 Å². The number of hydrogen-bond donors (Lipinski definition) is 4. The molecule has 5 N–H and O–H groups in total. The molecule has 0 radical (unpaired) electrons. The Morgan fingerprint density at radius 3 is 2.21 bits per heavy atom. The maximum absolute atomic E-state index is 10.4. The van der Waals surface area contributed by atoms with Gasteiger partial charge in [-0.15, -0.1) is 0 Å². The van der Waals surface area contributed by atoms with E-state index in [1.54, 1.807) is 54.6 Å². The van der Waals surface area contributed by atoms with Crippen LogP contribution in [0, 0.1) is 0 Å². The first-order chi connectivity index (χ1) is 14.0. The Balaban J connectivity index is 1.72. The maximum Gasteiger partial charge on any atom is 0.222 e. The van der Waals surface area contributed by atoms with Crippen molar-refractivity contribution in [3.8, 4) is 33.9 Å². The Labute approximate surface area is 172 Å². The highest BCUT2D eigenvalue weighted by Crippen LogP contribution is 2.34. The zero-order valence-corrected chi connectivity index (χ0v) is 15.9. The largest absolute Gasteiger partial charge is 0.508 e. The number of nitrogen functional groups attached to an aromatic ring is 1. The fraction of sp³-hybridized carbons (Fsp3) is 0. The van der Waals surface area contributed by atoms with E-state index < -0.39 is 0 Å². The minimum atomic E-state index is 0.0723. The fourth-order valence-electron chi connectivity index (χ4n) is 2.92. The number of benzene rings is 3. The van der Waals surface area contributed by atoms with Gasteiger partial charge < -0.3 is 21.3 Å². The van der Waals surface area contributed by atoms with E-state index in [1.807, 2.05) is 18.2 Å². The van der Waals surface area contributed by atoms with Gasteiger partial charge >= 0.3 is 0 Å². The average Bonchev–Trinajstić information content (AvgIpc) is 2.70. The molecule has 4 aromatic rings. The van der Waals surface area contributed by atoms with Gasteiger partial charge in [0.05, 0.1) is 5.69 Å². The highest BCUT2D eigenvalue weighted by atomic mass is 35.5. The Morgan fingerprint density at radius 1 is 0.793 bits per heavy atom. The molecule has 0 saturated carbocycles. The third-order valence-electron chi connectivity index (χ3n) is 4.33. The number of rotatable bonds is 4.